The molecular formula is C14H19BrClFN2O. The van der Waals surface area contributed by atoms with Crippen LogP contribution in [0.25, 0.3) is 0 Å². The molecule has 0 saturated carbocycles. The monoisotopic (exact) mass is 364 g/mol. The maximum absolute atomic E-state index is 13.6. The van der Waals surface area contributed by atoms with Crippen LogP contribution in [0.1, 0.15) is 25.7 Å². The Labute approximate surface area is 133 Å². The van der Waals surface area contributed by atoms with Gasteiger partial charge in [-0.25, -0.2) is 4.39 Å². The Balaban J connectivity index is 0.00000200. The zero-order valence-corrected chi connectivity index (χ0v) is 13.5. The van der Waals surface area contributed by atoms with Crippen LogP contribution in [-0.2, 0) is 4.79 Å². The lowest BCUT2D eigenvalue weighted by molar-refractivity contribution is -0.116. The molecule has 0 bridgehead atoms. The van der Waals surface area contributed by atoms with Crippen molar-refractivity contribution in [2.45, 2.75) is 25.7 Å². The maximum atomic E-state index is 13.6. The normalized spacial score (nSPS) is 15.5. The van der Waals surface area contributed by atoms with Crippen molar-refractivity contribution in [3.05, 3.63) is 28.5 Å². The van der Waals surface area contributed by atoms with E-state index in [4.69, 9.17) is 0 Å². The second-order valence-corrected chi connectivity index (χ2v) is 5.82. The minimum absolute atomic E-state index is 0. The SMILES string of the molecule is Cl.O=C(CCC1CCNCC1)Nc1ccc(Br)cc1F. The Morgan fingerprint density at radius 2 is 2.10 bits per heavy atom. The first-order chi connectivity index (χ1) is 9.15. The van der Waals surface area contributed by atoms with Gasteiger partial charge >= 0.3 is 0 Å². The standard InChI is InChI=1S/C14H18BrFN2O.ClH/c15-11-2-3-13(12(16)9-11)18-14(19)4-1-10-5-7-17-8-6-10;/h2-3,9-10,17H,1,4-8H2,(H,18,19);1H. The molecule has 1 aromatic rings. The molecule has 0 radical (unpaired) electrons. The third-order valence-electron chi connectivity index (χ3n) is 3.44. The van der Waals surface area contributed by atoms with Gasteiger partial charge in [-0.15, -0.1) is 12.4 Å². The number of halogens is 3. The lowest BCUT2D eigenvalue weighted by atomic mass is 9.93. The summed E-state index contributed by atoms with van der Waals surface area (Å²) in [6, 6.07) is 4.63. The minimum Gasteiger partial charge on any atom is -0.324 e. The van der Waals surface area contributed by atoms with Crippen LogP contribution in [0.5, 0.6) is 0 Å². The second-order valence-electron chi connectivity index (χ2n) is 4.90. The molecule has 6 heteroatoms. The van der Waals surface area contributed by atoms with Gasteiger partial charge in [0, 0.05) is 10.9 Å². The van der Waals surface area contributed by atoms with Gasteiger partial charge in [0.05, 0.1) is 5.69 Å². The summed E-state index contributed by atoms with van der Waals surface area (Å²) in [5.74, 6) is 0.0890. The molecule has 2 rings (SSSR count). The number of carbonyl (C=O) groups is 1. The predicted octanol–water partition coefficient (Wildman–Crippen LogP) is 3.73. The van der Waals surface area contributed by atoms with Gasteiger partial charge in [0.2, 0.25) is 5.91 Å². The maximum Gasteiger partial charge on any atom is 0.224 e. The molecule has 1 amide bonds. The van der Waals surface area contributed by atoms with Gasteiger partial charge in [0.25, 0.3) is 0 Å². The molecule has 0 unspecified atom stereocenters. The highest BCUT2D eigenvalue weighted by Crippen LogP contribution is 2.21. The number of hydrogen-bond acceptors (Lipinski definition) is 2. The topological polar surface area (TPSA) is 41.1 Å². The molecule has 1 fully saturated rings. The van der Waals surface area contributed by atoms with Gasteiger partial charge in [0.1, 0.15) is 5.82 Å². The quantitative estimate of drug-likeness (QED) is 0.853. The molecule has 1 aliphatic heterocycles. The molecular weight excluding hydrogens is 347 g/mol. The van der Waals surface area contributed by atoms with Crippen LogP contribution < -0.4 is 10.6 Å². The van der Waals surface area contributed by atoms with E-state index in [9.17, 15) is 9.18 Å². The highest BCUT2D eigenvalue weighted by atomic mass is 79.9. The number of nitrogens with one attached hydrogen (secondary N) is 2. The second kappa shape index (κ2) is 8.60. The van der Waals surface area contributed by atoms with Gasteiger partial charge < -0.3 is 10.6 Å². The van der Waals surface area contributed by atoms with E-state index in [1.165, 1.54) is 6.07 Å². The zero-order valence-electron chi connectivity index (χ0n) is 11.1. The fraction of sp³-hybridized carbons (Fsp3) is 0.500. The fourth-order valence-electron chi connectivity index (χ4n) is 2.31. The summed E-state index contributed by atoms with van der Waals surface area (Å²) in [7, 11) is 0. The number of rotatable bonds is 4. The van der Waals surface area contributed by atoms with E-state index in [1.54, 1.807) is 12.1 Å². The smallest absolute Gasteiger partial charge is 0.224 e. The highest BCUT2D eigenvalue weighted by molar-refractivity contribution is 9.10. The molecule has 1 aliphatic rings. The van der Waals surface area contributed by atoms with Crippen LogP contribution in [0.2, 0.25) is 0 Å². The van der Waals surface area contributed by atoms with E-state index in [1.807, 2.05) is 0 Å². The average Bonchev–Trinajstić information content (AvgIpc) is 2.41. The molecule has 1 aromatic carbocycles. The lowest BCUT2D eigenvalue weighted by Crippen LogP contribution is -2.28. The van der Waals surface area contributed by atoms with Crippen molar-refractivity contribution in [3.63, 3.8) is 0 Å². The Morgan fingerprint density at radius 1 is 1.40 bits per heavy atom. The fourth-order valence-corrected chi connectivity index (χ4v) is 2.64. The molecule has 3 nitrogen and oxygen atoms in total. The van der Waals surface area contributed by atoms with Gasteiger partial charge in [-0.05, 0) is 56.5 Å². The van der Waals surface area contributed by atoms with Crippen LogP contribution in [0.15, 0.2) is 22.7 Å². The van der Waals surface area contributed by atoms with E-state index >= 15 is 0 Å². The first-order valence-corrected chi connectivity index (χ1v) is 7.40. The van der Waals surface area contributed by atoms with Crippen molar-refractivity contribution < 1.29 is 9.18 Å². The molecule has 0 spiro atoms. The van der Waals surface area contributed by atoms with E-state index in [0.717, 1.165) is 32.4 Å². The van der Waals surface area contributed by atoms with Crippen molar-refractivity contribution >= 4 is 39.9 Å². The average molecular weight is 366 g/mol. The van der Waals surface area contributed by atoms with E-state index in [-0.39, 0.29) is 24.0 Å². The number of piperidine rings is 1. The summed E-state index contributed by atoms with van der Waals surface area (Å²) in [5.41, 5.74) is 0.249. The van der Waals surface area contributed by atoms with Crippen LogP contribution in [0.3, 0.4) is 0 Å². The lowest BCUT2D eigenvalue weighted by Gasteiger charge is -2.22. The Bertz CT molecular complexity index is 453. The summed E-state index contributed by atoms with van der Waals surface area (Å²) >= 11 is 3.19. The number of amides is 1. The van der Waals surface area contributed by atoms with Gasteiger partial charge in [-0.2, -0.15) is 0 Å². The summed E-state index contributed by atoms with van der Waals surface area (Å²) in [6.45, 7) is 2.07. The summed E-state index contributed by atoms with van der Waals surface area (Å²) < 4.78 is 14.2. The van der Waals surface area contributed by atoms with Crippen LogP contribution >= 0.6 is 28.3 Å². The molecule has 20 heavy (non-hydrogen) atoms. The Morgan fingerprint density at radius 3 is 2.75 bits per heavy atom. The van der Waals surface area contributed by atoms with Gasteiger partial charge in [0.15, 0.2) is 0 Å². The van der Waals surface area contributed by atoms with Crippen molar-refractivity contribution in [2.24, 2.45) is 5.92 Å². The molecule has 0 aliphatic carbocycles. The Hall–Kier alpha value is -0.650. The first-order valence-electron chi connectivity index (χ1n) is 6.61. The van der Waals surface area contributed by atoms with Crippen LogP contribution in [0.4, 0.5) is 10.1 Å². The Kier molecular flexibility index (Phi) is 7.48. The van der Waals surface area contributed by atoms with E-state index < -0.39 is 5.82 Å². The molecule has 0 atom stereocenters. The molecule has 2 N–H and O–H groups in total. The highest BCUT2D eigenvalue weighted by Gasteiger charge is 2.15. The van der Waals surface area contributed by atoms with E-state index in [2.05, 4.69) is 26.6 Å². The number of carbonyl (C=O) groups excluding carboxylic acids is 1. The largest absolute Gasteiger partial charge is 0.324 e. The summed E-state index contributed by atoms with van der Waals surface area (Å²) in [6.07, 6.45) is 3.59. The number of hydrogen-bond donors (Lipinski definition) is 2. The first kappa shape index (κ1) is 17.4. The minimum atomic E-state index is -0.412. The van der Waals surface area contributed by atoms with Crippen molar-refractivity contribution in [3.8, 4) is 0 Å². The number of benzene rings is 1. The molecule has 112 valence electrons. The third kappa shape index (κ3) is 5.38. The van der Waals surface area contributed by atoms with Gasteiger partial charge in [-0.3, -0.25) is 4.79 Å². The predicted molar refractivity (Wildman–Crippen MR) is 84.8 cm³/mol. The van der Waals surface area contributed by atoms with E-state index in [0.29, 0.717) is 16.8 Å². The molecule has 0 aromatic heterocycles. The van der Waals surface area contributed by atoms with Crippen molar-refractivity contribution in [1.29, 1.82) is 0 Å². The third-order valence-corrected chi connectivity index (χ3v) is 3.94. The van der Waals surface area contributed by atoms with Crippen molar-refractivity contribution in [1.82, 2.24) is 5.32 Å². The van der Waals surface area contributed by atoms with Crippen LogP contribution in [-0.4, -0.2) is 19.0 Å². The summed E-state index contributed by atoms with van der Waals surface area (Å²) in [5, 5.41) is 5.93. The summed E-state index contributed by atoms with van der Waals surface area (Å²) in [4.78, 5) is 11.8. The van der Waals surface area contributed by atoms with Crippen molar-refractivity contribution in [2.75, 3.05) is 18.4 Å². The van der Waals surface area contributed by atoms with Crippen LogP contribution in [0, 0.1) is 11.7 Å². The zero-order chi connectivity index (χ0) is 13.7. The van der Waals surface area contributed by atoms with Gasteiger partial charge in [-0.1, -0.05) is 15.9 Å². The molecule has 1 saturated heterocycles. The molecule has 1 heterocycles. The number of anilines is 1.